The molecule has 2 rings (SSSR count). The molecule has 2 heteroatoms. The Morgan fingerprint density at radius 2 is 2.08 bits per heavy atom. The van der Waals surface area contributed by atoms with Crippen molar-refractivity contribution >= 4 is 11.6 Å². The van der Waals surface area contributed by atoms with Gasteiger partial charge in [-0.15, -0.1) is 0 Å². The fraction of sp³-hybridized carbons (Fsp3) is 0. The van der Waals surface area contributed by atoms with Gasteiger partial charge in [-0.05, 0) is 29.8 Å². The third kappa shape index (κ3) is 1.87. The van der Waals surface area contributed by atoms with Gasteiger partial charge in [0.25, 0.3) is 0 Å². The topological polar surface area (TPSA) is 12.9 Å². The largest absolute Gasteiger partial charge is 0.244 e. The molecule has 0 N–H and O–H groups in total. The summed E-state index contributed by atoms with van der Waals surface area (Å²) < 4.78 is 0. The summed E-state index contributed by atoms with van der Waals surface area (Å²) in [6.07, 6.45) is 1.76. The van der Waals surface area contributed by atoms with E-state index in [1.54, 1.807) is 12.3 Å². The molecule has 1 radical (unpaired) electrons. The average Bonchev–Trinajstić information content (AvgIpc) is 2.20. The van der Waals surface area contributed by atoms with E-state index < -0.39 is 0 Å². The SMILES string of the molecule is Clc1ccc(-c2c[c]ccc2)cn1. The Labute approximate surface area is 82.0 Å². The van der Waals surface area contributed by atoms with Gasteiger partial charge in [0.1, 0.15) is 5.15 Å². The number of nitrogens with zero attached hydrogens (tertiary/aromatic N) is 1. The highest BCUT2D eigenvalue weighted by atomic mass is 35.5. The van der Waals surface area contributed by atoms with Crippen molar-refractivity contribution in [3.05, 3.63) is 53.8 Å². The van der Waals surface area contributed by atoms with Gasteiger partial charge in [-0.3, -0.25) is 0 Å². The molecule has 0 atom stereocenters. The summed E-state index contributed by atoms with van der Waals surface area (Å²) >= 11 is 5.68. The molecule has 1 aromatic heterocycles. The van der Waals surface area contributed by atoms with Crippen molar-refractivity contribution in [2.45, 2.75) is 0 Å². The van der Waals surface area contributed by atoms with Gasteiger partial charge in [0, 0.05) is 11.8 Å². The molecule has 0 saturated carbocycles. The van der Waals surface area contributed by atoms with E-state index in [9.17, 15) is 0 Å². The van der Waals surface area contributed by atoms with Crippen LogP contribution in [0.25, 0.3) is 11.1 Å². The van der Waals surface area contributed by atoms with Crippen molar-refractivity contribution in [1.29, 1.82) is 0 Å². The highest BCUT2D eigenvalue weighted by Crippen LogP contribution is 2.18. The smallest absolute Gasteiger partial charge is 0.129 e. The number of benzene rings is 1. The first-order valence-corrected chi connectivity index (χ1v) is 4.32. The van der Waals surface area contributed by atoms with Gasteiger partial charge in [-0.2, -0.15) is 0 Å². The molecule has 0 fully saturated rings. The average molecular weight is 189 g/mol. The van der Waals surface area contributed by atoms with E-state index in [-0.39, 0.29) is 0 Å². The maximum atomic E-state index is 5.68. The number of pyridine rings is 1. The minimum absolute atomic E-state index is 0.517. The summed E-state index contributed by atoms with van der Waals surface area (Å²) in [7, 11) is 0. The molecule has 1 nitrogen and oxygen atoms in total. The van der Waals surface area contributed by atoms with Crippen LogP contribution < -0.4 is 0 Å². The van der Waals surface area contributed by atoms with Crippen LogP contribution in [0.15, 0.2) is 42.6 Å². The predicted octanol–water partition coefficient (Wildman–Crippen LogP) is 3.20. The molecule has 1 aromatic carbocycles. The van der Waals surface area contributed by atoms with E-state index in [1.165, 1.54) is 0 Å². The second-order valence-corrected chi connectivity index (χ2v) is 3.05. The lowest BCUT2D eigenvalue weighted by Gasteiger charge is -1.99. The molecule has 0 amide bonds. The molecular formula is C11H7ClN. The maximum Gasteiger partial charge on any atom is 0.129 e. The van der Waals surface area contributed by atoms with Crippen molar-refractivity contribution in [3.8, 4) is 11.1 Å². The monoisotopic (exact) mass is 188 g/mol. The molecule has 0 saturated heterocycles. The van der Waals surface area contributed by atoms with Crippen LogP contribution >= 0.6 is 11.6 Å². The van der Waals surface area contributed by atoms with Crippen molar-refractivity contribution < 1.29 is 0 Å². The molecular weight excluding hydrogens is 182 g/mol. The third-order valence-electron chi connectivity index (χ3n) is 1.77. The summed E-state index contributed by atoms with van der Waals surface area (Å²) in [5, 5.41) is 0.517. The van der Waals surface area contributed by atoms with Crippen molar-refractivity contribution in [1.82, 2.24) is 4.98 Å². The maximum absolute atomic E-state index is 5.68. The Bertz CT molecular complexity index is 381. The van der Waals surface area contributed by atoms with Crippen LogP contribution in [-0.2, 0) is 0 Å². The van der Waals surface area contributed by atoms with E-state index in [0.29, 0.717) is 5.15 Å². The van der Waals surface area contributed by atoms with Crippen LogP contribution in [0.4, 0.5) is 0 Å². The van der Waals surface area contributed by atoms with E-state index in [0.717, 1.165) is 11.1 Å². The van der Waals surface area contributed by atoms with Gasteiger partial charge in [0.05, 0.1) is 0 Å². The molecule has 0 aliphatic carbocycles. The minimum atomic E-state index is 0.517. The lowest BCUT2D eigenvalue weighted by atomic mass is 10.1. The lowest BCUT2D eigenvalue weighted by molar-refractivity contribution is 1.33. The van der Waals surface area contributed by atoms with Gasteiger partial charge in [-0.25, -0.2) is 4.98 Å². The van der Waals surface area contributed by atoms with E-state index in [1.807, 2.05) is 30.3 Å². The summed E-state index contributed by atoms with van der Waals surface area (Å²) in [4.78, 5) is 4.01. The number of halogens is 1. The fourth-order valence-electron chi connectivity index (χ4n) is 1.12. The quantitative estimate of drug-likeness (QED) is 0.627. The van der Waals surface area contributed by atoms with E-state index in [4.69, 9.17) is 11.6 Å². The molecule has 0 unspecified atom stereocenters. The van der Waals surface area contributed by atoms with Crippen molar-refractivity contribution in [2.75, 3.05) is 0 Å². The summed E-state index contributed by atoms with van der Waals surface area (Å²) in [6.45, 7) is 0. The lowest BCUT2D eigenvalue weighted by Crippen LogP contribution is -1.79. The van der Waals surface area contributed by atoms with Gasteiger partial charge >= 0.3 is 0 Å². The molecule has 1 heterocycles. The fourth-order valence-corrected chi connectivity index (χ4v) is 1.23. The molecule has 0 spiro atoms. The highest BCUT2D eigenvalue weighted by molar-refractivity contribution is 6.29. The van der Waals surface area contributed by atoms with Crippen LogP contribution in [0.2, 0.25) is 5.15 Å². The zero-order chi connectivity index (χ0) is 9.10. The molecule has 0 bridgehead atoms. The second-order valence-electron chi connectivity index (χ2n) is 2.66. The number of hydrogen-bond donors (Lipinski definition) is 0. The van der Waals surface area contributed by atoms with E-state index >= 15 is 0 Å². The van der Waals surface area contributed by atoms with Gasteiger partial charge < -0.3 is 0 Å². The van der Waals surface area contributed by atoms with Gasteiger partial charge in [0.2, 0.25) is 0 Å². The zero-order valence-corrected chi connectivity index (χ0v) is 7.62. The zero-order valence-electron chi connectivity index (χ0n) is 6.87. The van der Waals surface area contributed by atoms with Crippen LogP contribution in [0.5, 0.6) is 0 Å². The van der Waals surface area contributed by atoms with Crippen LogP contribution in [0.1, 0.15) is 0 Å². The Kier molecular flexibility index (Phi) is 2.28. The van der Waals surface area contributed by atoms with Crippen molar-refractivity contribution in [2.24, 2.45) is 0 Å². The Morgan fingerprint density at radius 3 is 2.69 bits per heavy atom. The predicted molar refractivity (Wildman–Crippen MR) is 53.5 cm³/mol. The van der Waals surface area contributed by atoms with Crippen LogP contribution in [0, 0.1) is 6.07 Å². The Morgan fingerprint density at radius 1 is 1.15 bits per heavy atom. The summed E-state index contributed by atoms with van der Waals surface area (Å²) in [5.41, 5.74) is 2.16. The first-order chi connectivity index (χ1) is 6.36. The number of aromatic nitrogens is 1. The van der Waals surface area contributed by atoms with Crippen molar-refractivity contribution in [3.63, 3.8) is 0 Å². The Hall–Kier alpha value is -1.34. The molecule has 0 aliphatic rings. The first kappa shape index (κ1) is 8.27. The summed E-state index contributed by atoms with van der Waals surface area (Å²) in [5.74, 6) is 0. The second kappa shape index (κ2) is 3.58. The Balaban J connectivity index is 2.42. The van der Waals surface area contributed by atoms with Gasteiger partial charge in [0.15, 0.2) is 0 Å². The van der Waals surface area contributed by atoms with Crippen LogP contribution in [-0.4, -0.2) is 4.98 Å². The molecule has 2 aromatic rings. The first-order valence-electron chi connectivity index (χ1n) is 3.94. The normalized spacial score (nSPS) is 9.92. The third-order valence-corrected chi connectivity index (χ3v) is 1.99. The standard InChI is InChI=1S/C11H7ClN/c12-11-7-6-10(8-13-11)9-4-2-1-3-5-9/h1-2,4-8H. The highest BCUT2D eigenvalue weighted by Gasteiger charge is 1.95. The molecule has 63 valence electrons. The number of hydrogen-bond acceptors (Lipinski definition) is 1. The molecule has 0 aliphatic heterocycles. The van der Waals surface area contributed by atoms with E-state index in [2.05, 4.69) is 11.1 Å². The minimum Gasteiger partial charge on any atom is -0.244 e. The van der Waals surface area contributed by atoms with Gasteiger partial charge in [-0.1, -0.05) is 29.8 Å². The molecule has 13 heavy (non-hydrogen) atoms. The summed E-state index contributed by atoms with van der Waals surface area (Å²) in [6, 6.07) is 14.5. The van der Waals surface area contributed by atoms with Crippen LogP contribution in [0.3, 0.4) is 0 Å². The number of rotatable bonds is 1.